The van der Waals surface area contributed by atoms with Gasteiger partial charge in [-0.2, -0.15) is 0 Å². The highest BCUT2D eigenvalue weighted by Crippen LogP contribution is 2.53. The van der Waals surface area contributed by atoms with Crippen molar-refractivity contribution in [1.29, 1.82) is 0 Å². The molecule has 0 saturated heterocycles. The van der Waals surface area contributed by atoms with Gasteiger partial charge >= 0.3 is 0 Å². The molecule has 5 nitrogen and oxygen atoms in total. The minimum atomic E-state index is -0.533. The minimum absolute atomic E-state index is 0.0922. The van der Waals surface area contributed by atoms with E-state index < -0.39 is 10.3 Å². The molecule has 0 amide bonds. The summed E-state index contributed by atoms with van der Waals surface area (Å²) < 4.78 is 0. The molecule has 2 aliphatic carbocycles. The summed E-state index contributed by atoms with van der Waals surface area (Å²) >= 11 is 0. The van der Waals surface area contributed by atoms with Gasteiger partial charge in [-0.15, -0.1) is 0 Å². The van der Waals surface area contributed by atoms with Gasteiger partial charge < -0.3 is 5.11 Å². The first-order valence-electron chi connectivity index (χ1n) is 5.59. The number of nitro benzene ring substituents is 1. The number of phenols is 1. The second kappa shape index (κ2) is 3.06. The van der Waals surface area contributed by atoms with Crippen LogP contribution in [0.4, 0.5) is 5.69 Å². The molecule has 1 aromatic carbocycles. The predicted octanol–water partition coefficient (Wildman–Crippen LogP) is 1.85. The largest absolute Gasteiger partial charge is 0.507 e. The molecule has 88 valence electrons. The number of ketones is 1. The second-order valence-electron chi connectivity index (χ2n) is 4.78. The molecule has 0 unspecified atom stereocenters. The maximum absolute atomic E-state index is 12.0. The number of Topliss-reactive ketones (excluding diaryl/α,β-unsaturated/α-hetero) is 1. The molecule has 1 fully saturated rings. The fourth-order valence-corrected chi connectivity index (χ4v) is 2.92. The molecule has 0 bridgehead atoms. The van der Waals surface area contributed by atoms with Crippen molar-refractivity contribution in [3.8, 4) is 5.75 Å². The summed E-state index contributed by atoms with van der Waals surface area (Å²) in [5, 5.41) is 20.5. The third-order valence-corrected chi connectivity index (χ3v) is 4.02. The van der Waals surface area contributed by atoms with Crippen LogP contribution in [0.25, 0.3) is 0 Å². The highest BCUT2D eigenvalue weighted by Gasteiger charge is 2.51. The number of nitro groups is 1. The summed E-state index contributed by atoms with van der Waals surface area (Å²) in [6, 6.07) is 2.59. The fraction of sp³-hybridized carbons (Fsp3) is 0.417. The van der Waals surface area contributed by atoms with Crippen molar-refractivity contribution in [3.63, 3.8) is 0 Å². The molecule has 2 aliphatic rings. The summed E-state index contributed by atoms with van der Waals surface area (Å²) in [7, 11) is 0. The zero-order valence-electron chi connectivity index (χ0n) is 9.10. The molecule has 0 aliphatic heterocycles. The number of aromatic hydroxyl groups is 1. The lowest BCUT2D eigenvalue weighted by Crippen LogP contribution is -2.39. The Morgan fingerprint density at radius 2 is 2.06 bits per heavy atom. The highest BCUT2D eigenvalue weighted by molar-refractivity contribution is 5.98. The molecule has 0 aromatic heterocycles. The Kier molecular flexibility index (Phi) is 1.85. The van der Waals surface area contributed by atoms with Crippen LogP contribution in [0.1, 0.15) is 30.4 Å². The van der Waals surface area contributed by atoms with Crippen molar-refractivity contribution in [3.05, 3.63) is 33.4 Å². The van der Waals surface area contributed by atoms with Crippen LogP contribution in [0.3, 0.4) is 0 Å². The van der Waals surface area contributed by atoms with Crippen LogP contribution < -0.4 is 0 Å². The van der Waals surface area contributed by atoms with Crippen LogP contribution in [0.2, 0.25) is 0 Å². The van der Waals surface area contributed by atoms with E-state index in [1.165, 1.54) is 6.07 Å². The van der Waals surface area contributed by atoms with Crippen molar-refractivity contribution < 1.29 is 14.8 Å². The van der Waals surface area contributed by atoms with E-state index in [0.29, 0.717) is 11.1 Å². The van der Waals surface area contributed by atoms with E-state index >= 15 is 0 Å². The number of rotatable bonds is 1. The Balaban J connectivity index is 2.22. The number of hydrogen-bond donors (Lipinski definition) is 1. The first kappa shape index (κ1) is 10.3. The zero-order valence-corrected chi connectivity index (χ0v) is 9.10. The Morgan fingerprint density at radius 3 is 2.59 bits per heavy atom. The lowest BCUT2D eigenvalue weighted by atomic mass is 9.64. The van der Waals surface area contributed by atoms with Crippen LogP contribution in [0.5, 0.6) is 5.75 Å². The van der Waals surface area contributed by atoms with E-state index in [1.54, 1.807) is 0 Å². The molecule has 3 rings (SSSR count). The lowest BCUT2D eigenvalue weighted by Gasteiger charge is -2.37. The van der Waals surface area contributed by atoms with Crippen molar-refractivity contribution in [1.82, 2.24) is 0 Å². The Labute approximate surface area is 97.2 Å². The molecule has 1 N–H and O–H groups in total. The van der Waals surface area contributed by atoms with Gasteiger partial charge in [0, 0.05) is 18.1 Å². The molecule has 1 aromatic rings. The molecule has 0 radical (unpaired) electrons. The van der Waals surface area contributed by atoms with E-state index in [-0.39, 0.29) is 23.6 Å². The molecule has 0 heterocycles. The average Bonchev–Trinajstić information content (AvgIpc) is 2.50. The number of fused-ring (bicyclic) bond motifs is 2. The van der Waals surface area contributed by atoms with Gasteiger partial charge in [0.25, 0.3) is 5.69 Å². The summed E-state index contributed by atoms with van der Waals surface area (Å²) in [4.78, 5) is 22.2. The van der Waals surface area contributed by atoms with Crippen LogP contribution in [0.15, 0.2) is 12.1 Å². The monoisotopic (exact) mass is 233 g/mol. The van der Waals surface area contributed by atoms with Gasteiger partial charge in [0.1, 0.15) is 11.5 Å². The minimum Gasteiger partial charge on any atom is -0.507 e. The van der Waals surface area contributed by atoms with Gasteiger partial charge in [0.05, 0.1) is 16.4 Å². The number of nitrogens with zero attached hydrogens (tertiary/aromatic N) is 1. The zero-order chi connectivity index (χ0) is 12.2. The van der Waals surface area contributed by atoms with Gasteiger partial charge in [-0.3, -0.25) is 14.9 Å². The summed E-state index contributed by atoms with van der Waals surface area (Å²) in [6.45, 7) is 0. The third kappa shape index (κ3) is 1.16. The standard InChI is InChI=1S/C12H11NO4/c14-10-5-7(13(16)17)4-9-8(10)6-11(15)12(9)2-1-3-12/h4-5,14H,1-3,6H2. The van der Waals surface area contributed by atoms with E-state index in [2.05, 4.69) is 0 Å². The van der Waals surface area contributed by atoms with E-state index in [1.807, 2.05) is 0 Å². The van der Waals surface area contributed by atoms with E-state index in [0.717, 1.165) is 25.3 Å². The van der Waals surface area contributed by atoms with Crippen LogP contribution >= 0.6 is 0 Å². The first-order chi connectivity index (χ1) is 8.04. The first-order valence-corrected chi connectivity index (χ1v) is 5.59. The van der Waals surface area contributed by atoms with Crippen LogP contribution in [0, 0.1) is 10.1 Å². The van der Waals surface area contributed by atoms with Crippen molar-refractivity contribution in [2.45, 2.75) is 31.1 Å². The highest BCUT2D eigenvalue weighted by atomic mass is 16.6. The second-order valence-corrected chi connectivity index (χ2v) is 4.78. The SMILES string of the molecule is O=C1Cc2c(O)cc([N+](=O)[O-])cc2C12CCC2. The Morgan fingerprint density at radius 1 is 1.35 bits per heavy atom. The van der Waals surface area contributed by atoms with Gasteiger partial charge in [-0.05, 0) is 18.4 Å². The average molecular weight is 233 g/mol. The fourth-order valence-electron chi connectivity index (χ4n) is 2.92. The summed E-state index contributed by atoms with van der Waals surface area (Å²) in [6.07, 6.45) is 2.67. The van der Waals surface area contributed by atoms with Gasteiger partial charge in [0.15, 0.2) is 0 Å². The topological polar surface area (TPSA) is 80.4 Å². The third-order valence-electron chi connectivity index (χ3n) is 4.02. The number of hydrogen-bond acceptors (Lipinski definition) is 4. The maximum atomic E-state index is 12.0. The van der Waals surface area contributed by atoms with Gasteiger partial charge in [-0.1, -0.05) is 6.42 Å². The molecule has 1 spiro atoms. The molecule has 17 heavy (non-hydrogen) atoms. The molecular formula is C12H11NO4. The van der Waals surface area contributed by atoms with Crippen molar-refractivity contribution in [2.75, 3.05) is 0 Å². The number of carbonyl (C=O) groups is 1. The smallest absolute Gasteiger partial charge is 0.273 e. The molecule has 1 saturated carbocycles. The summed E-state index contributed by atoms with van der Waals surface area (Å²) in [5.74, 6) is -0.0270. The Bertz CT molecular complexity index is 546. The van der Waals surface area contributed by atoms with Gasteiger partial charge in [0.2, 0.25) is 0 Å². The number of phenolic OH excluding ortho intramolecular Hbond substituents is 1. The molecule has 5 heteroatoms. The van der Waals surface area contributed by atoms with Gasteiger partial charge in [-0.25, -0.2) is 0 Å². The predicted molar refractivity (Wildman–Crippen MR) is 59.0 cm³/mol. The molecular weight excluding hydrogens is 222 g/mol. The van der Waals surface area contributed by atoms with Crippen molar-refractivity contribution >= 4 is 11.5 Å². The van der Waals surface area contributed by atoms with E-state index in [4.69, 9.17) is 0 Å². The Hall–Kier alpha value is -1.91. The number of carbonyl (C=O) groups excluding carboxylic acids is 1. The maximum Gasteiger partial charge on any atom is 0.273 e. The van der Waals surface area contributed by atoms with Crippen LogP contribution in [-0.4, -0.2) is 15.8 Å². The van der Waals surface area contributed by atoms with E-state index in [9.17, 15) is 20.0 Å². The van der Waals surface area contributed by atoms with Crippen molar-refractivity contribution in [2.24, 2.45) is 0 Å². The van der Waals surface area contributed by atoms with Crippen LogP contribution in [-0.2, 0) is 16.6 Å². The quantitative estimate of drug-likeness (QED) is 0.592. The number of benzene rings is 1. The number of non-ortho nitro benzene ring substituents is 1. The molecule has 0 atom stereocenters. The lowest BCUT2D eigenvalue weighted by molar-refractivity contribution is -0.385. The summed E-state index contributed by atoms with van der Waals surface area (Å²) in [5.41, 5.74) is 0.599. The normalized spacial score (nSPS) is 20.1.